The Morgan fingerprint density at radius 1 is 1.16 bits per heavy atom. The number of ether oxygens (including phenoxy) is 2. The number of anilines is 1. The molecule has 0 aliphatic heterocycles. The molecule has 2 rings (SSSR count). The Labute approximate surface area is 112 Å². The molecule has 0 amide bonds. The van der Waals surface area contributed by atoms with E-state index in [1.807, 2.05) is 24.3 Å². The lowest BCUT2D eigenvalue weighted by atomic mass is 10.1. The lowest BCUT2D eigenvalue weighted by molar-refractivity contribution is 0.202. The molecule has 0 radical (unpaired) electrons. The van der Waals surface area contributed by atoms with E-state index in [2.05, 4.69) is 9.97 Å². The number of aromatic nitrogens is 2. The molecule has 0 saturated carbocycles. The van der Waals surface area contributed by atoms with Crippen LogP contribution in [-0.4, -0.2) is 23.7 Å². The molecule has 19 heavy (non-hydrogen) atoms. The number of methoxy groups -OCH3 is 1. The molecule has 0 fully saturated rings. The molecule has 0 aliphatic rings. The minimum Gasteiger partial charge on any atom is -0.439 e. The predicted molar refractivity (Wildman–Crippen MR) is 73.3 cm³/mol. The van der Waals surface area contributed by atoms with E-state index in [1.165, 1.54) is 5.56 Å². The van der Waals surface area contributed by atoms with Gasteiger partial charge in [0.2, 0.25) is 5.88 Å². The van der Waals surface area contributed by atoms with Gasteiger partial charge in [-0.05, 0) is 31.0 Å². The van der Waals surface area contributed by atoms with E-state index in [4.69, 9.17) is 15.2 Å². The van der Waals surface area contributed by atoms with Crippen molar-refractivity contribution >= 4 is 5.82 Å². The lowest BCUT2D eigenvalue weighted by Gasteiger charge is -2.07. The van der Waals surface area contributed by atoms with Crippen LogP contribution in [0.5, 0.6) is 11.6 Å². The van der Waals surface area contributed by atoms with Crippen molar-refractivity contribution < 1.29 is 9.47 Å². The average Bonchev–Trinajstić information content (AvgIpc) is 2.37. The molecular formula is C14H17N3O2. The van der Waals surface area contributed by atoms with Crippen molar-refractivity contribution in [3.8, 4) is 11.6 Å². The molecule has 5 nitrogen and oxygen atoms in total. The normalized spacial score (nSPS) is 10.4. The van der Waals surface area contributed by atoms with Crippen LogP contribution in [0.1, 0.15) is 11.4 Å². The Morgan fingerprint density at radius 2 is 1.89 bits per heavy atom. The molecule has 1 aromatic heterocycles. The maximum absolute atomic E-state index is 5.65. The van der Waals surface area contributed by atoms with Gasteiger partial charge in [-0.15, -0.1) is 0 Å². The number of aryl methyl sites for hydroxylation is 1. The maximum atomic E-state index is 5.65. The smallest absolute Gasteiger partial charge is 0.224 e. The maximum Gasteiger partial charge on any atom is 0.224 e. The van der Waals surface area contributed by atoms with Crippen LogP contribution in [0.2, 0.25) is 0 Å². The van der Waals surface area contributed by atoms with Crippen molar-refractivity contribution in [3.63, 3.8) is 0 Å². The summed E-state index contributed by atoms with van der Waals surface area (Å²) in [6, 6.07) is 9.42. The van der Waals surface area contributed by atoms with Gasteiger partial charge in [-0.1, -0.05) is 12.1 Å². The Bertz CT molecular complexity index is 521. The SMILES string of the molecule is COCCc1ccc(Oc2cc(N)nc(C)n2)cc1. The minimum absolute atomic E-state index is 0.402. The summed E-state index contributed by atoms with van der Waals surface area (Å²) in [6.07, 6.45) is 0.885. The van der Waals surface area contributed by atoms with Crippen molar-refractivity contribution in [1.29, 1.82) is 0 Å². The Kier molecular flexibility index (Phi) is 4.30. The van der Waals surface area contributed by atoms with Crippen molar-refractivity contribution in [3.05, 3.63) is 41.7 Å². The number of nitrogens with zero attached hydrogens (tertiary/aromatic N) is 2. The third kappa shape index (κ3) is 3.93. The largest absolute Gasteiger partial charge is 0.439 e. The highest BCUT2D eigenvalue weighted by molar-refractivity contribution is 5.36. The standard InChI is InChI=1S/C14H17N3O2/c1-10-16-13(15)9-14(17-10)19-12-5-3-11(4-6-12)7-8-18-2/h3-6,9H,7-8H2,1-2H3,(H2,15,16,17). The third-order valence-electron chi connectivity index (χ3n) is 2.57. The molecule has 0 atom stereocenters. The van der Waals surface area contributed by atoms with Crippen molar-refractivity contribution in [1.82, 2.24) is 9.97 Å². The number of hydrogen-bond acceptors (Lipinski definition) is 5. The summed E-state index contributed by atoms with van der Waals surface area (Å²) >= 11 is 0. The first-order chi connectivity index (χ1) is 9.17. The van der Waals surface area contributed by atoms with Gasteiger partial charge < -0.3 is 15.2 Å². The highest BCUT2D eigenvalue weighted by Gasteiger charge is 2.02. The van der Waals surface area contributed by atoms with Gasteiger partial charge in [0, 0.05) is 13.2 Å². The Hall–Kier alpha value is -2.14. The fraction of sp³-hybridized carbons (Fsp3) is 0.286. The van der Waals surface area contributed by atoms with Crippen molar-refractivity contribution in [2.24, 2.45) is 0 Å². The van der Waals surface area contributed by atoms with Gasteiger partial charge in [0.1, 0.15) is 17.4 Å². The van der Waals surface area contributed by atoms with Gasteiger partial charge in [0.25, 0.3) is 0 Å². The van der Waals surface area contributed by atoms with Crippen LogP contribution in [0.15, 0.2) is 30.3 Å². The molecule has 0 saturated heterocycles. The Morgan fingerprint density at radius 3 is 2.53 bits per heavy atom. The molecule has 5 heteroatoms. The highest BCUT2D eigenvalue weighted by Crippen LogP contribution is 2.21. The zero-order valence-corrected chi connectivity index (χ0v) is 11.1. The fourth-order valence-electron chi connectivity index (χ4n) is 1.68. The van der Waals surface area contributed by atoms with E-state index in [0.717, 1.165) is 12.2 Å². The van der Waals surface area contributed by atoms with Crippen LogP contribution in [-0.2, 0) is 11.2 Å². The molecule has 1 aromatic carbocycles. The van der Waals surface area contributed by atoms with E-state index in [1.54, 1.807) is 20.1 Å². The average molecular weight is 259 g/mol. The fourth-order valence-corrected chi connectivity index (χ4v) is 1.68. The Balaban J connectivity index is 2.06. The summed E-state index contributed by atoms with van der Waals surface area (Å²) in [7, 11) is 1.69. The quantitative estimate of drug-likeness (QED) is 0.892. The number of nitrogen functional groups attached to an aromatic ring is 1. The van der Waals surface area contributed by atoms with Crippen molar-refractivity contribution in [2.45, 2.75) is 13.3 Å². The molecule has 2 aromatic rings. The number of nitrogens with two attached hydrogens (primary N) is 1. The van der Waals surface area contributed by atoms with E-state index in [-0.39, 0.29) is 0 Å². The third-order valence-corrected chi connectivity index (χ3v) is 2.57. The number of rotatable bonds is 5. The first-order valence-electron chi connectivity index (χ1n) is 6.04. The van der Waals surface area contributed by atoms with Crippen molar-refractivity contribution in [2.75, 3.05) is 19.5 Å². The van der Waals surface area contributed by atoms with Crippen LogP contribution in [0.25, 0.3) is 0 Å². The zero-order valence-electron chi connectivity index (χ0n) is 11.1. The summed E-state index contributed by atoms with van der Waals surface area (Å²) in [4.78, 5) is 8.16. The molecule has 1 heterocycles. The first kappa shape index (κ1) is 13.3. The molecule has 0 spiro atoms. The van der Waals surface area contributed by atoms with E-state index in [9.17, 15) is 0 Å². The van der Waals surface area contributed by atoms with Crippen LogP contribution in [0.4, 0.5) is 5.82 Å². The second-order valence-corrected chi connectivity index (χ2v) is 4.17. The monoisotopic (exact) mass is 259 g/mol. The number of benzene rings is 1. The van der Waals surface area contributed by atoms with Gasteiger partial charge in [-0.2, -0.15) is 4.98 Å². The van der Waals surface area contributed by atoms with Crippen LogP contribution < -0.4 is 10.5 Å². The topological polar surface area (TPSA) is 70.3 Å². The summed E-state index contributed by atoms with van der Waals surface area (Å²) < 4.78 is 10.7. The minimum atomic E-state index is 0.402. The molecule has 2 N–H and O–H groups in total. The predicted octanol–water partition coefficient (Wildman–Crippen LogP) is 2.35. The first-order valence-corrected chi connectivity index (χ1v) is 6.04. The summed E-state index contributed by atoms with van der Waals surface area (Å²) in [5.74, 6) is 2.17. The molecule has 100 valence electrons. The van der Waals surface area contributed by atoms with Gasteiger partial charge in [0.05, 0.1) is 6.61 Å². The van der Waals surface area contributed by atoms with Gasteiger partial charge in [-0.25, -0.2) is 4.98 Å². The highest BCUT2D eigenvalue weighted by atomic mass is 16.5. The summed E-state index contributed by atoms with van der Waals surface area (Å²) in [6.45, 7) is 2.49. The zero-order chi connectivity index (χ0) is 13.7. The van der Waals surface area contributed by atoms with Gasteiger partial charge >= 0.3 is 0 Å². The molecule has 0 bridgehead atoms. The van der Waals surface area contributed by atoms with E-state index >= 15 is 0 Å². The second kappa shape index (κ2) is 6.15. The summed E-state index contributed by atoms with van der Waals surface area (Å²) in [5.41, 5.74) is 6.85. The van der Waals surface area contributed by atoms with E-state index < -0.39 is 0 Å². The molecule has 0 unspecified atom stereocenters. The van der Waals surface area contributed by atoms with Crippen LogP contribution in [0.3, 0.4) is 0 Å². The summed E-state index contributed by atoms with van der Waals surface area (Å²) in [5, 5.41) is 0. The number of hydrogen-bond donors (Lipinski definition) is 1. The van der Waals surface area contributed by atoms with Gasteiger partial charge in [0.15, 0.2) is 0 Å². The van der Waals surface area contributed by atoms with E-state index in [0.29, 0.717) is 24.1 Å². The van der Waals surface area contributed by atoms with Crippen LogP contribution >= 0.6 is 0 Å². The second-order valence-electron chi connectivity index (χ2n) is 4.17. The van der Waals surface area contributed by atoms with Crippen LogP contribution in [0, 0.1) is 6.92 Å². The lowest BCUT2D eigenvalue weighted by Crippen LogP contribution is -1.98. The molecule has 0 aliphatic carbocycles. The molecular weight excluding hydrogens is 242 g/mol. The van der Waals surface area contributed by atoms with Gasteiger partial charge in [-0.3, -0.25) is 0 Å².